The zero-order valence-corrected chi connectivity index (χ0v) is 19.4. The lowest BCUT2D eigenvalue weighted by atomic mass is 10.0. The van der Waals surface area contributed by atoms with Gasteiger partial charge in [0.25, 0.3) is 0 Å². The zero-order valence-electron chi connectivity index (χ0n) is 19.4. The third-order valence-corrected chi connectivity index (χ3v) is 6.46. The lowest BCUT2D eigenvalue weighted by Gasteiger charge is -2.34. The molecule has 1 unspecified atom stereocenters. The molecule has 1 aromatic rings. The summed E-state index contributed by atoms with van der Waals surface area (Å²) >= 11 is 0. The summed E-state index contributed by atoms with van der Waals surface area (Å²) in [5.41, 5.74) is 2.71. The van der Waals surface area contributed by atoms with Gasteiger partial charge >= 0.3 is 6.09 Å². The number of benzene rings is 1. The summed E-state index contributed by atoms with van der Waals surface area (Å²) in [5.74, 6) is 0.815. The summed E-state index contributed by atoms with van der Waals surface area (Å²) in [6.07, 6.45) is 5.53. The molecule has 0 aromatic heterocycles. The van der Waals surface area contributed by atoms with Crippen LogP contribution in [0.3, 0.4) is 0 Å². The van der Waals surface area contributed by atoms with Crippen molar-refractivity contribution in [2.45, 2.75) is 71.1 Å². The molecule has 1 atom stereocenters. The van der Waals surface area contributed by atoms with E-state index < -0.39 is 0 Å². The Morgan fingerprint density at radius 1 is 1.13 bits per heavy atom. The summed E-state index contributed by atoms with van der Waals surface area (Å²) in [5, 5.41) is 7.02. The van der Waals surface area contributed by atoms with Gasteiger partial charge in [0.2, 0.25) is 0 Å². The SMILES string of the molecule is CCOC(=O)N1CCC(NC(=NC)NCc2ccccc2CN2CCCCC2C)CC1. The van der Waals surface area contributed by atoms with Crippen LogP contribution in [0.25, 0.3) is 0 Å². The lowest BCUT2D eigenvalue weighted by molar-refractivity contribution is 0.0963. The van der Waals surface area contributed by atoms with Crippen molar-refractivity contribution in [2.75, 3.05) is 33.3 Å². The topological polar surface area (TPSA) is 69.2 Å². The number of aliphatic imine (C=N–C) groups is 1. The summed E-state index contributed by atoms with van der Waals surface area (Å²) in [4.78, 5) is 20.7. The van der Waals surface area contributed by atoms with Gasteiger partial charge in [-0.15, -0.1) is 0 Å². The minimum absolute atomic E-state index is 0.205. The molecule has 2 aliphatic heterocycles. The Morgan fingerprint density at radius 2 is 1.87 bits per heavy atom. The molecule has 1 aromatic carbocycles. The molecule has 2 fully saturated rings. The van der Waals surface area contributed by atoms with E-state index in [2.05, 4.69) is 51.7 Å². The van der Waals surface area contributed by atoms with Crippen molar-refractivity contribution in [2.24, 2.45) is 4.99 Å². The van der Waals surface area contributed by atoms with Gasteiger partial charge in [-0.1, -0.05) is 30.7 Å². The van der Waals surface area contributed by atoms with Crippen LogP contribution in [0, 0.1) is 0 Å². The largest absolute Gasteiger partial charge is 0.450 e. The van der Waals surface area contributed by atoms with E-state index in [1.54, 1.807) is 4.90 Å². The molecule has 2 aliphatic rings. The highest BCUT2D eigenvalue weighted by Crippen LogP contribution is 2.21. The Labute approximate surface area is 187 Å². The Hall–Kier alpha value is -2.28. The second kappa shape index (κ2) is 11.9. The normalized spacial score (nSPS) is 21.1. The van der Waals surface area contributed by atoms with Crippen LogP contribution in [0.4, 0.5) is 4.79 Å². The summed E-state index contributed by atoms with van der Waals surface area (Å²) < 4.78 is 5.11. The second-order valence-electron chi connectivity index (χ2n) is 8.61. The van der Waals surface area contributed by atoms with Crippen LogP contribution in [0.1, 0.15) is 57.1 Å². The van der Waals surface area contributed by atoms with E-state index in [9.17, 15) is 4.79 Å². The van der Waals surface area contributed by atoms with Gasteiger partial charge in [0.15, 0.2) is 5.96 Å². The van der Waals surface area contributed by atoms with Gasteiger partial charge in [0.1, 0.15) is 0 Å². The number of ether oxygens (including phenoxy) is 1. The highest BCUT2D eigenvalue weighted by Gasteiger charge is 2.24. The molecule has 172 valence electrons. The van der Waals surface area contributed by atoms with Crippen molar-refractivity contribution in [1.82, 2.24) is 20.4 Å². The molecule has 0 spiro atoms. The number of hydrogen-bond acceptors (Lipinski definition) is 4. The molecule has 0 aliphatic carbocycles. The van der Waals surface area contributed by atoms with E-state index in [4.69, 9.17) is 4.74 Å². The standard InChI is InChI=1S/C24H39N5O2/c1-4-31-24(30)28-15-12-22(13-16-28)27-23(25-3)26-17-20-10-5-6-11-21(20)18-29-14-8-7-9-19(29)2/h5-6,10-11,19,22H,4,7-9,12-18H2,1-3H3,(H2,25,26,27). The highest BCUT2D eigenvalue weighted by atomic mass is 16.6. The fraction of sp³-hybridized carbons (Fsp3) is 0.667. The van der Waals surface area contributed by atoms with Crippen LogP contribution in [0.5, 0.6) is 0 Å². The lowest BCUT2D eigenvalue weighted by Crippen LogP contribution is -2.49. The van der Waals surface area contributed by atoms with Gasteiger partial charge in [0.05, 0.1) is 6.61 Å². The van der Waals surface area contributed by atoms with Gasteiger partial charge in [-0.05, 0) is 57.2 Å². The zero-order chi connectivity index (χ0) is 22.1. The minimum Gasteiger partial charge on any atom is -0.450 e. The number of amides is 1. The third kappa shape index (κ3) is 6.86. The molecular formula is C24H39N5O2. The van der Waals surface area contributed by atoms with Crippen molar-refractivity contribution in [3.8, 4) is 0 Å². The number of piperidine rings is 2. The Kier molecular flexibility index (Phi) is 9.00. The average molecular weight is 430 g/mol. The number of guanidine groups is 1. The van der Waals surface area contributed by atoms with Crippen molar-refractivity contribution in [3.05, 3.63) is 35.4 Å². The first-order chi connectivity index (χ1) is 15.1. The third-order valence-electron chi connectivity index (χ3n) is 6.46. The molecule has 2 N–H and O–H groups in total. The van der Waals surface area contributed by atoms with E-state index in [-0.39, 0.29) is 6.09 Å². The van der Waals surface area contributed by atoms with Crippen molar-refractivity contribution in [1.29, 1.82) is 0 Å². The van der Waals surface area contributed by atoms with Gasteiger partial charge in [-0.25, -0.2) is 4.79 Å². The maximum atomic E-state index is 11.9. The predicted molar refractivity (Wildman–Crippen MR) is 125 cm³/mol. The number of carbonyl (C=O) groups excluding carboxylic acids is 1. The van der Waals surface area contributed by atoms with Gasteiger partial charge in [0, 0.05) is 45.3 Å². The molecule has 0 radical (unpaired) electrons. The average Bonchev–Trinajstić information content (AvgIpc) is 2.79. The molecule has 0 bridgehead atoms. The van der Waals surface area contributed by atoms with Gasteiger partial charge < -0.3 is 20.3 Å². The Balaban J connectivity index is 1.49. The number of hydrogen-bond donors (Lipinski definition) is 2. The van der Waals surface area contributed by atoms with E-state index in [0.29, 0.717) is 31.8 Å². The Bertz CT molecular complexity index is 730. The van der Waals surface area contributed by atoms with Crippen LogP contribution in [-0.2, 0) is 17.8 Å². The molecule has 0 saturated carbocycles. The maximum absolute atomic E-state index is 11.9. The molecule has 2 heterocycles. The Morgan fingerprint density at radius 3 is 2.55 bits per heavy atom. The van der Waals surface area contributed by atoms with Crippen LogP contribution < -0.4 is 10.6 Å². The molecule has 7 heteroatoms. The van der Waals surface area contributed by atoms with Crippen LogP contribution in [-0.4, -0.2) is 67.2 Å². The van der Waals surface area contributed by atoms with Crippen molar-refractivity contribution in [3.63, 3.8) is 0 Å². The number of nitrogens with zero attached hydrogens (tertiary/aromatic N) is 3. The summed E-state index contributed by atoms with van der Waals surface area (Å²) in [7, 11) is 1.81. The minimum atomic E-state index is -0.205. The number of carbonyl (C=O) groups is 1. The molecule has 1 amide bonds. The fourth-order valence-electron chi connectivity index (χ4n) is 4.48. The quantitative estimate of drug-likeness (QED) is 0.536. The van der Waals surface area contributed by atoms with E-state index in [1.165, 1.54) is 36.9 Å². The smallest absolute Gasteiger partial charge is 0.409 e. The molecular weight excluding hydrogens is 390 g/mol. The van der Waals surface area contributed by atoms with Gasteiger partial charge in [-0.2, -0.15) is 0 Å². The molecule has 7 nitrogen and oxygen atoms in total. The number of rotatable bonds is 6. The van der Waals surface area contributed by atoms with E-state index in [1.807, 2.05) is 14.0 Å². The maximum Gasteiger partial charge on any atom is 0.409 e. The predicted octanol–water partition coefficient (Wildman–Crippen LogP) is 3.35. The van der Waals surface area contributed by atoms with Crippen molar-refractivity contribution < 1.29 is 9.53 Å². The summed E-state index contributed by atoms with van der Waals surface area (Å²) in [6.45, 7) is 8.99. The number of nitrogens with one attached hydrogen (secondary N) is 2. The van der Waals surface area contributed by atoms with Gasteiger partial charge in [-0.3, -0.25) is 9.89 Å². The first-order valence-electron chi connectivity index (χ1n) is 11.8. The monoisotopic (exact) mass is 429 g/mol. The first-order valence-corrected chi connectivity index (χ1v) is 11.8. The number of likely N-dealkylation sites (tertiary alicyclic amines) is 2. The van der Waals surface area contributed by atoms with E-state index in [0.717, 1.165) is 31.9 Å². The van der Waals surface area contributed by atoms with Crippen LogP contribution >= 0.6 is 0 Å². The highest BCUT2D eigenvalue weighted by molar-refractivity contribution is 5.80. The molecule has 2 saturated heterocycles. The molecule has 3 rings (SSSR count). The fourth-order valence-corrected chi connectivity index (χ4v) is 4.48. The van der Waals surface area contributed by atoms with Crippen LogP contribution in [0.15, 0.2) is 29.3 Å². The summed E-state index contributed by atoms with van der Waals surface area (Å²) in [6, 6.07) is 9.67. The first kappa shape index (κ1) is 23.4. The molecule has 31 heavy (non-hydrogen) atoms. The second-order valence-corrected chi connectivity index (χ2v) is 8.61. The van der Waals surface area contributed by atoms with Crippen LogP contribution in [0.2, 0.25) is 0 Å². The van der Waals surface area contributed by atoms with E-state index >= 15 is 0 Å². The van der Waals surface area contributed by atoms with Crippen molar-refractivity contribution >= 4 is 12.1 Å².